The summed E-state index contributed by atoms with van der Waals surface area (Å²) in [6.45, 7) is 9.79. The summed E-state index contributed by atoms with van der Waals surface area (Å²) in [5.41, 5.74) is 4.57. The number of aryl methyl sites for hydroxylation is 1. The van der Waals surface area contributed by atoms with Crippen molar-refractivity contribution >= 4 is 11.6 Å². The van der Waals surface area contributed by atoms with Crippen LogP contribution in [-0.4, -0.2) is 18.0 Å². The molecule has 4 heteroatoms. The van der Waals surface area contributed by atoms with Gasteiger partial charge in [0.05, 0.1) is 7.11 Å². The molecular formula is C21H28N2O2. The highest BCUT2D eigenvalue weighted by Gasteiger charge is 2.26. The van der Waals surface area contributed by atoms with Crippen molar-refractivity contribution in [2.75, 3.05) is 12.4 Å². The van der Waals surface area contributed by atoms with E-state index >= 15 is 0 Å². The second kappa shape index (κ2) is 7.68. The fourth-order valence-corrected chi connectivity index (χ4v) is 2.82. The Morgan fingerprint density at radius 3 is 2.32 bits per heavy atom. The normalized spacial score (nSPS) is 11.3. The summed E-state index contributed by atoms with van der Waals surface area (Å²) in [5.74, 6) is 0.422. The minimum atomic E-state index is -0.494. The van der Waals surface area contributed by atoms with E-state index in [4.69, 9.17) is 4.74 Å². The maximum Gasteiger partial charge on any atom is 0.238 e. The molecule has 1 amide bonds. The number of ether oxygens (including phenoxy) is 1. The number of rotatable bonds is 5. The van der Waals surface area contributed by atoms with E-state index in [-0.39, 0.29) is 5.91 Å². The summed E-state index contributed by atoms with van der Waals surface area (Å²) in [6.07, 6.45) is 1.58. The van der Waals surface area contributed by atoms with Crippen molar-refractivity contribution in [3.05, 3.63) is 52.7 Å². The highest BCUT2D eigenvalue weighted by Crippen LogP contribution is 2.34. The number of carbonyl (C=O) groups is 1. The molecule has 0 aliphatic rings. The van der Waals surface area contributed by atoms with Crippen molar-refractivity contribution < 1.29 is 9.53 Å². The van der Waals surface area contributed by atoms with Gasteiger partial charge in [0, 0.05) is 17.5 Å². The number of benzene rings is 1. The summed E-state index contributed by atoms with van der Waals surface area (Å²) < 4.78 is 5.49. The van der Waals surface area contributed by atoms with Gasteiger partial charge in [0.2, 0.25) is 11.8 Å². The lowest BCUT2D eigenvalue weighted by Crippen LogP contribution is -2.29. The molecule has 0 unspecified atom stereocenters. The lowest BCUT2D eigenvalue weighted by atomic mass is 9.93. The molecule has 1 N–H and O–H groups in total. The van der Waals surface area contributed by atoms with Crippen molar-refractivity contribution in [3.63, 3.8) is 0 Å². The number of carbonyl (C=O) groups excluding carboxylic acids is 1. The monoisotopic (exact) mass is 340 g/mol. The van der Waals surface area contributed by atoms with Gasteiger partial charge in [-0.15, -0.1) is 0 Å². The number of nitrogens with one attached hydrogen (secondary N) is 1. The average molecular weight is 340 g/mol. The van der Waals surface area contributed by atoms with Gasteiger partial charge < -0.3 is 10.1 Å². The Hall–Kier alpha value is -2.36. The Labute approximate surface area is 150 Å². The standard InChI is InChI=1S/C21H28N2O2/c1-7-16-14(2)22-19(25-6)18(23-20(24)21(3,4)5)17(16)13-15-11-9-8-10-12-15/h8-12H,7,13H2,1-6H3,(H,23,24). The Balaban J connectivity index is 2.59. The van der Waals surface area contributed by atoms with Crippen molar-refractivity contribution in [2.45, 2.75) is 47.5 Å². The molecule has 0 saturated heterocycles. The maximum absolute atomic E-state index is 12.6. The molecule has 1 aromatic carbocycles. The van der Waals surface area contributed by atoms with Crippen LogP contribution in [0.25, 0.3) is 0 Å². The van der Waals surface area contributed by atoms with Gasteiger partial charge in [-0.3, -0.25) is 4.79 Å². The topological polar surface area (TPSA) is 51.2 Å². The van der Waals surface area contributed by atoms with Crippen molar-refractivity contribution in [1.29, 1.82) is 0 Å². The first-order valence-electron chi connectivity index (χ1n) is 8.69. The molecule has 0 aliphatic heterocycles. The highest BCUT2D eigenvalue weighted by molar-refractivity contribution is 5.96. The fourth-order valence-electron chi connectivity index (χ4n) is 2.82. The van der Waals surface area contributed by atoms with Crippen LogP contribution < -0.4 is 10.1 Å². The van der Waals surface area contributed by atoms with Gasteiger partial charge in [0.1, 0.15) is 5.69 Å². The van der Waals surface area contributed by atoms with Crippen LogP contribution >= 0.6 is 0 Å². The first-order chi connectivity index (χ1) is 11.8. The maximum atomic E-state index is 12.6. The first-order valence-corrected chi connectivity index (χ1v) is 8.69. The quantitative estimate of drug-likeness (QED) is 0.869. The third-order valence-corrected chi connectivity index (χ3v) is 4.28. The molecule has 1 heterocycles. The Bertz CT molecular complexity index is 747. The van der Waals surface area contributed by atoms with E-state index in [0.717, 1.165) is 29.7 Å². The molecule has 0 fully saturated rings. The van der Waals surface area contributed by atoms with Gasteiger partial charge in [-0.25, -0.2) is 4.98 Å². The summed E-state index contributed by atoms with van der Waals surface area (Å²) >= 11 is 0. The van der Waals surface area contributed by atoms with Crippen LogP contribution in [0, 0.1) is 12.3 Å². The zero-order chi connectivity index (χ0) is 18.6. The number of hydrogen-bond donors (Lipinski definition) is 1. The molecule has 134 valence electrons. The van der Waals surface area contributed by atoms with Crippen molar-refractivity contribution in [3.8, 4) is 5.88 Å². The fraction of sp³-hybridized carbons (Fsp3) is 0.429. The molecule has 4 nitrogen and oxygen atoms in total. The van der Waals surface area contributed by atoms with Gasteiger partial charge in [0.15, 0.2) is 0 Å². The Kier molecular flexibility index (Phi) is 5.83. The zero-order valence-electron chi connectivity index (χ0n) is 16.1. The van der Waals surface area contributed by atoms with E-state index < -0.39 is 5.41 Å². The Morgan fingerprint density at radius 2 is 1.80 bits per heavy atom. The van der Waals surface area contributed by atoms with Gasteiger partial charge in [-0.1, -0.05) is 58.0 Å². The van der Waals surface area contributed by atoms with Gasteiger partial charge in [0.25, 0.3) is 0 Å². The highest BCUT2D eigenvalue weighted by atomic mass is 16.5. The summed E-state index contributed by atoms with van der Waals surface area (Å²) in [7, 11) is 1.59. The summed E-state index contributed by atoms with van der Waals surface area (Å²) in [4.78, 5) is 17.2. The van der Waals surface area contributed by atoms with E-state index in [0.29, 0.717) is 11.6 Å². The lowest BCUT2D eigenvalue weighted by Gasteiger charge is -2.23. The molecule has 2 aromatic rings. The van der Waals surface area contributed by atoms with Crippen LogP contribution in [-0.2, 0) is 17.6 Å². The largest absolute Gasteiger partial charge is 0.479 e. The van der Waals surface area contributed by atoms with Crippen LogP contribution in [0.5, 0.6) is 5.88 Å². The molecule has 0 bridgehead atoms. The van der Waals surface area contributed by atoms with Crippen LogP contribution in [0.1, 0.15) is 50.1 Å². The lowest BCUT2D eigenvalue weighted by molar-refractivity contribution is -0.123. The number of aromatic nitrogens is 1. The third-order valence-electron chi connectivity index (χ3n) is 4.28. The van der Waals surface area contributed by atoms with Crippen LogP contribution in [0.3, 0.4) is 0 Å². The molecule has 2 rings (SSSR count). The number of amides is 1. The van der Waals surface area contributed by atoms with Crippen LogP contribution in [0.4, 0.5) is 5.69 Å². The number of methoxy groups -OCH3 is 1. The third kappa shape index (κ3) is 4.38. The summed E-state index contributed by atoms with van der Waals surface area (Å²) in [6, 6.07) is 10.2. The molecule has 0 saturated carbocycles. The number of nitrogens with zero attached hydrogens (tertiary/aromatic N) is 1. The SMILES string of the molecule is CCc1c(C)nc(OC)c(NC(=O)C(C)(C)C)c1Cc1ccccc1. The number of pyridine rings is 1. The van der Waals surface area contributed by atoms with Gasteiger partial charge in [-0.2, -0.15) is 0 Å². The molecular weight excluding hydrogens is 312 g/mol. The number of hydrogen-bond acceptors (Lipinski definition) is 3. The van der Waals surface area contributed by atoms with Gasteiger partial charge in [-0.05, 0) is 30.0 Å². The van der Waals surface area contributed by atoms with Crippen molar-refractivity contribution in [2.24, 2.45) is 5.41 Å². The second-order valence-corrected chi connectivity index (χ2v) is 7.26. The molecule has 0 radical (unpaired) electrons. The summed E-state index contributed by atoms with van der Waals surface area (Å²) in [5, 5.41) is 3.07. The molecule has 0 aliphatic carbocycles. The molecule has 25 heavy (non-hydrogen) atoms. The second-order valence-electron chi connectivity index (χ2n) is 7.26. The van der Waals surface area contributed by atoms with Crippen molar-refractivity contribution in [1.82, 2.24) is 4.98 Å². The van der Waals surface area contributed by atoms with E-state index in [1.165, 1.54) is 5.56 Å². The average Bonchev–Trinajstić information content (AvgIpc) is 2.57. The van der Waals surface area contributed by atoms with Crippen LogP contribution in [0.2, 0.25) is 0 Å². The number of anilines is 1. The van der Waals surface area contributed by atoms with Crippen LogP contribution in [0.15, 0.2) is 30.3 Å². The van der Waals surface area contributed by atoms with E-state index in [2.05, 4.69) is 29.4 Å². The molecule has 0 atom stereocenters. The minimum Gasteiger partial charge on any atom is -0.479 e. The van der Waals surface area contributed by atoms with Gasteiger partial charge >= 0.3 is 0 Å². The predicted octanol–water partition coefficient (Wildman–Crippen LogP) is 4.54. The van der Waals surface area contributed by atoms with E-state index in [9.17, 15) is 4.79 Å². The van der Waals surface area contributed by atoms with E-state index in [1.54, 1.807) is 7.11 Å². The predicted molar refractivity (Wildman–Crippen MR) is 102 cm³/mol. The zero-order valence-corrected chi connectivity index (χ0v) is 16.1. The smallest absolute Gasteiger partial charge is 0.238 e. The Morgan fingerprint density at radius 1 is 1.16 bits per heavy atom. The first kappa shape index (κ1) is 19.0. The molecule has 1 aromatic heterocycles. The minimum absolute atomic E-state index is 0.0483. The van der Waals surface area contributed by atoms with E-state index in [1.807, 2.05) is 45.9 Å². The molecule has 0 spiro atoms.